The van der Waals surface area contributed by atoms with Crippen molar-refractivity contribution in [2.24, 2.45) is 0 Å². The summed E-state index contributed by atoms with van der Waals surface area (Å²) in [5.41, 5.74) is -1.49. The highest BCUT2D eigenvalue weighted by Crippen LogP contribution is 2.40. The highest BCUT2D eigenvalue weighted by atomic mass is 16.7. The maximum atomic E-state index is 13.9. The Morgan fingerprint density at radius 1 is 0.815 bits per heavy atom. The third kappa shape index (κ3) is 8.69. The van der Waals surface area contributed by atoms with E-state index in [1.54, 1.807) is 0 Å². The van der Waals surface area contributed by atoms with Gasteiger partial charge in [-0.15, -0.1) is 0 Å². The van der Waals surface area contributed by atoms with Crippen molar-refractivity contribution in [3.05, 3.63) is 53.4 Å². The molecule has 0 bridgehead atoms. The van der Waals surface area contributed by atoms with E-state index in [4.69, 9.17) is 28.1 Å². The molecule has 0 unspecified atom stereocenters. The van der Waals surface area contributed by atoms with Crippen LogP contribution in [0.15, 0.2) is 52.4 Å². The van der Waals surface area contributed by atoms with Crippen LogP contribution < -0.4 is 10.2 Å². The van der Waals surface area contributed by atoms with Crippen molar-refractivity contribution < 1.29 is 88.4 Å². The Morgan fingerprint density at radius 3 is 2.20 bits per heavy atom. The SMILES string of the molecule is C=COC(=O)CCCCC(=O)O[C@@H]1[C@@H](O)[C@H](Oc2c(-c3ccc(O)c(O)c3)oc3cc(O)cc(O)c3c2=O)O[C@H](CO[C@@H]2O[C@@H](C)[C@H](O)[C@@H](O)[C@H]2O)[C@H]1O. The molecule has 0 spiro atoms. The summed E-state index contributed by atoms with van der Waals surface area (Å²) in [5, 5.41) is 93.6. The molecular weight excluding hydrogens is 724 g/mol. The third-order valence-electron chi connectivity index (χ3n) is 8.76. The predicted molar refractivity (Wildman–Crippen MR) is 179 cm³/mol. The molecule has 19 nitrogen and oxygen atoms in total. The summed E-state index contributed by atoms with van der Waals surface area (Å²) < 4.78 is 38.6. The average molecular weight is 765 g/mol. The van der Waals surface area contributed by atoms with Gasteiger partial charge in [-0.2, -0.15) is 0 Å². The lowest BCUT2D eigenvalue weighted by Crippen LogP contribution is -2.62. The first-order chi connectivity index (χ1) is 25.6. The van der Waals surface area contributed by atoms with Gasteiger partial charge in [0.2, 0.25) is 17.5 Å². The van der Waals surface area contributed by atoms with E-state index in [1.165, 1.54) is 13.0 Å². The van der Waals surface area contributed by atoms with Crippen LogP contribution in [0.25, 0.3) is 22.3 Å². The largest absolute Gasteiger partial charge is 0.508 e. The standard InChI is InChI=1S/C35H40O19/c1-3-48-22(40)6-4-5-7-23(41)53-32-26(43)21(13-49-34-29(46)28(45)25(42)14(2)50-34)52-35(30(32)47)54-33-27(44)24-19(39)11-16(36)12-20(24)51-31(33)15-8-9-17(37)18(38)10-15/h3,8-12,14,21,25-26,28-30,32,34-39,42-43,45-47H,1,4-7,13H2,2H3/t14-,21+,25-,26+,28+,29+,30+,32-,34+,35-/m0/s1. The van der Waals surface area contributed by atoms with Gasteiger partial charge in [0.15, 0.2) is 35.8 Å². The fourth-order valence-corrected chi connectivity index (χ4v) is 5.86. The molecular formula is C35H40O19. The maximum absolute atomic E-state index is 13.9. The van der Waals surface area contributed by atoms with Crippen molar-refractivity contribution in [1.29, 1.82) is 0 Å². The van der Waals surface area contributed by atoms with E-state index in [9.17, 15) is 60.3 Å². The molecule has 3 aromatic rings. The molecule has 1 aromatic heterocycles. The predicted octanol–water partition coefficient (Wildman–Crippen LogP) is 0.111. The van der Waals surface area contributed by atoms with Crippen LogP contribution in [-0.2, 0) is 33.3 Å². The van der Waals surface area contributed by atoms with Gasteiger partial charge in [0.25, 0.3) is 0 Å². The molecule has 0 saturated carbocycles. The van der Waals surface area contributed by atoms with Crippen LogP contribution in [0.1, 0.15) is 32.6 Å². The molecule has 0 amide bonds. The summed E-state index contributed by atoms with van der Waals surface area (Å²) in [5.74, 6) is -5.09. The van der Waals surface area contributed by atoms with E-state index in [2.05, 4.69) is 11.3 Å². The van der Waals surface area contributed by atoms with Crippen LogP contribution in [-0.4, -0.2) is 126 Å². The number of aromatic hydroxyl groups is 4. The monoisotopic (exact) mass is 764 g/mol. The minimum absolute atomic E-state index is 0.0404. The van der Waals surface area contributed by atoms with Crippen LogP contribution in [0.3, 0.4) is 0 Å². The first-order valence-electron chi connectivity index (χ1n) is 16.7. The average Bonchev–Trinajstić information content (AvgIpc) is 3.12. The fourth-order valence-electron chi connectivity index (χ4n) is 5.86. The van der Waals surface area contributed by atoms with Crippen LogP contribution in [0.2, 0.25) is 0 Å². The van der Waals surface area contributed by atoms with Crippen molar-refractivity contribution in [2.45, 2.75) is 94.0 Å². The Kier molecular flexibility index (Phi) is 12.7. The zero-order valence-electron chi connectivity index (χ0n) is 28.6. The van der Waals surface area contributed by atoms with Crippen LogP contribution in [0.5, 0.6) is 28.7 Å². The Hall–Kier alpha value is -4.99. The van der Waals surface area contributed by atoms with Crippen molar-refractivity contribution in [1.82, 2.24) is 0 Å². The summed E-state index contributed by atoms with van der Waals surface area (Å²) in [6, 6.07) is 5.13. The van der Waals surface area contributed by atoms with E-state index in [0.717, 1.165) is 30.5 Å². The molecule has 54 heavy (non-hydrogen) atoms. The number of carbonyl (C=O) groups excluding carboxylic acids is 2. The number of rotatable bonds is 13. The molecule has 5 rings (SSSR count). The summed E-state index contributed by atoms with van der Waals surface area (Å²) in [6.07, 6.45) is -15.8. The van der Waals surface area contributed by atoms with Gasteiger partial charge in [0, 0.05) is 30.5 Å². The lowest BCUT2D eigenvalue weighted by atomic mass is 9.98. The number of esters is 2. The Bertz CT molecular complexity index is 1890. The first-order valence-corrected chi connectivity index (χ1v) is 16.7. The summed E-state index contributed by atoms with van der Waals surface area (Å²) in [4.78, 5) is 38.4. The second-order valence-corrected chi connectivity index (χ2v) is 12.6. The molecule has 2 aliphatic rings. The maximum Gasteiger partial charge on any atom is 0.310 e. The number of ether oxygens (including phenoxy) is 6. The normalized spacial score (nSPS) is 28.3. The number of unbranched alkanes of at least 4 members (excludes halogenated alkanes) is 1. The van der Waals surface area contributed by atoms with Crippen molar-refractivity contribution >= 4 is 22.9 Å². The zero-order chi connectivity index (χ0) is 39.4. The van der Waals surface area contributed by atoms with E-state index < -0.39 is 125 Å². The van der Waals surface area contributed by atoms with Crippen LogP contribution >= 0.6 is 0 Å². The van der Waals surface area contributed by atoms with E-state index >= 15 is 0 Å². The Morgan fingerprint density at radius 2 is 1.52 bits per heavy atom. The molecule has 0 aliphatic carbocycles. The lowest BCUT2D eigenvalue weighted by molar-refractivity contribution is -0.319. The number of fused-ring (bicyclic) bond motifs is 1. The number of phenols is 4. The number of benzene rings is 2. The van der Waals surface area contributed by atoms with Gasteiger partial charge in [-0.1, -0.05) is 6.58 Å². The second kappa shape index (κ2) is 17.0. The Labute approximate surface area is 305 Å². The molecule has 0 radical (unpaired) electrons. The van der Waals surface area contributed by atoms with Gasteiger partial charge < -0.3 is 78.8 Å². The van der Waals surface area contributed by atoms with Crippen molar-refractivity contribution in [3.63, 3.8) is 0 Å². The van der Waals surface area contributed by atoms with Gasteiger partial charge in [-0.3, -0.25) is 14.4 Å². The Balaban J connectivity index is 1.47. The van der Waals surface area contributed by atoms with E-state index in [-0.39, 0.29) is 36.8 Å². The molecule has 2 saturated heterocycles. The number of aliphatic hydroxyl groups excluding tert-OH is 5. The van der Waals surface area contributed by atoms with Gasteiger partial charge in [0.1, 0.15) is 53.0 Å². The smallest absolute Gasteiger partial charge is 0.310 e. The zero-order valence-corrected chi connectivity index (χ0v) is 28.6. The van der Waals surface area contributed by atoms with Gasteiger partial charge >= 0.3 is 11.9 Å². The van der Waals surface area contributed by atoms with Crippen molar-refractivity contribution in [3.8, 4) is 40.1 Å². The molecule has 2 fully saturated rings. The van der Waals surface area contributed by atoms with Gasteiger partial charge in [-0.25, -0.2) is 0 Å². The number of hydrogen-bond acceptors (Lipinski definition) is 19. The minimum Gasteiger partial charge on any atom is -0.508 e. The molecule has 294 valence electrons. The van der Waals surface area contributed by atoms with Gasteiger partial charge in [-0.05, 0) is 38.0 Å². The van der Waals surface area contributed by atoms with E-state index in [0.29, 0.717) is 0 Å². The summed E-state index contributed by atoms with van der Waals surface area (Å²) in [7, 11) is 0. The number of phenolic OH excluding ortho intramolecular Hbond substituents is 4. The molecule has 19 heteroatoms. The molecule has 2 aliphatic heterocycles. The minimum atomic E-state index is -2.05. The topological polar surface area (TPSA) is 302 Å². The summed E-state index contributed by atoms with van der Waals surface area (Å²) in [6.45, 7) is 4.00. The third-order valence-corrected chi connectivity index (χ3v) is 8.76. The molecule has 10 atom stereocenters. The highest BCUT2D eigenvalue weighted by Gasteiger charge is 2.50. The quantitative estimate of drug-likeness (QED) is 0.0483. The van der Waals surface area contributed by atoms with Gasteiger partial charge in [0.05, 0.1) is 19.0 Å². The second-order valence-electron chi connectivity index (χ2n) is 12.6. The molecule has 2 aromatic carbocycles. The number of hydrogen-bond donors (Lipinski definition) is 9. The summed E-state index contributed by atoms with van der Waals surface area (Å²) >= 11 is 0. The highest BCUT2D eigenvalue weighted by molar-refractivity contribution is 5.88. The number of aliphatic hydroxyl groups is 5. The molecule has 3 heterocycles. The van der Waals surface area contributed by atoms with Crippen molar-refractivity contribution in [2.75, 3.05) is 6.61 Å². The van der Waals surface area contributed by atoms with Crippen LogP contribution in [0, 0.1) is 0 Å². The van der Waals surface area contributed by atoms with E-state index in [1.807, 2.05) is 0 Å². The number of carbonyl (C=O) groups is 2. The van der Waals surface area contributed by atoms with Crippen LogP contribution in [0.4, 0.5) is 0 Å². The fraction of sp³-hybridized carbons (Fsp3) is 0.457. The first kappa shape index (κ1) is 40.2. The molecule has 9 N–H and O–H groups in total. The lowest BCUT2D eigenvalue weighted by Gasteiger charge is -2.43.